The van der Waals surface area contributed by atoms with Crippen LogP contribution >= 0.6 is 0 Å². The van der Waals surface area contributed by atoms with Gasteiger partial charge in [-0.2, -0.15) is 0 Å². The van der Waals surface area contributed by atoms with Crippen LogP contribution in [0, 0.1) is 12.8 Å². The summed E-state index contributed by atoms with van der Waals surface area (Å²) in [6.45, 7) is 7.92. The number of para-hydroxylation sites is 1. The fourth-order valence-electron chi connectivity index (χ4n) is 3.33. The molecule has 0 spiro atoms. The van der Waals surface area contributed by atoms with Crippen LogP contribution in [0.2, 0.25) is 0 Å². The molecule has 1 aliphatic heterocycles. The zero-order valence-corrected chi connectivity index (χ0v) is 14.0. The predicted octanol–water partition coefficient (Wildman–Crippen LogP) is 3.53. The van der Waals surface area contributed by atoms with Gasteiger partial charge in [0.25, 0.3) is 0 Å². The third-order valence-corrected chi connectivity index (χ3v) is 4.74. The second-order valence-corrected chi connectivity index (χ2v) is 6.40. The molecule has 0 saturated carbocycles. The van der Waals surface area contributed by atoms with Gasteiger partial charge in [0.2, 0.25) is 0 Å². The Labute approximate surface area is 139 Å². The lowest BCUT2D eigenvalue weighted by Crippen LogP contribution is -2.40. The van der Waals surface area contributed by atoms with E-state index in [0.29, 0.717) is 12.5 Å². The Balaban J connectivity index is 1.70. The maximum Gasteiger partial charge on any atom is 0.126 e. The second kappa shape index (κ2) is 7.16. The predicted molar refractivity (Wildman–Crippen MR) is 94.5 cm³/mol. The van der Waals surface area contributed by atoms with Crippen LogP contribution < -0.4 is 10.5 Å². The summed E-state index contributed by atoms with van der Waals surface area (Å²) in [6, 6.07) is 16.9. The molecule has 0 amide bonds. The molecule has 2 unspecified atom stereocenters. The van der Waals surface area contributed by atoms with E-state index >= 15 is 0 Å². The highest BCUT2D eigenvalue weighted by atomic mass is 16.5. The van der Waals surface area contributed by atoms with Gasteiger partial charge in [0.15, 0.2) is 0 Å². The zero-order chi connectivity index (χ0) is 16.2. The van der Waals surface area contributed by atoms with Crippen molar-refractivity contribution in [3.05, 3.63) is 65.2 Å². The average molecular weight is 310 g/mol. The Kier molecular flexibility index (Phi) is 4.99. The molecular weight excluding hydrogens is 284 g/mol. The largest absolute Gasteiger partial charge is 0.493 e. The van der Waals surface area contributed by atoms with Crippen LogP contribution in [0.4, 0.5) is 0 Å². The van der Waals surface area contributed by atoms with Gasteiger partial charge >= 0.3 is 0 Å². The van der Waals surface area contributed by atoms with Gasteiger partial charge in [0.05, 0.1) is 6.61 Å². The molecule has 1 heterocycles. The van der Waals surface area contributed by atoms with Crippen molar-refractivity contribution in [3.8, 4) is 5.75 Å². The quantitative estimate of drug-likeness (QED) is 0.918. The van der Waals surface area contributed by atoms with Crippen LogP contribution in [-0.2, 0) is 6.54 Å². The summed E-state index contributed by atoms with van der Waals surface area (Å²) in [5.74, 6) is 1.32. The summed E-state index contributed by atoms with van der Waals surface area (Å²) in [4.78, 5) is 2.45. The van der Waals surface area contributed by atoms with E-state index < -0.39 is 0 Å². The summed E-state index contributed by atoms with van der Waals surface area (Å²) in [5, 5.41) is 0. The monoisotopic (exact) mass is 310 g/mol. The molecule has 3 nitrogen and oxygen atoms in total. The first kappa shape index (κ1) is 16.0. The van der Waals surface area contributed by atoms with E-state index in [-0.39, 0.29) is 6.04 Å². The molecule has 0 saturated heterocycles. The summed E-state index contributed by atoms with van der Waals surface area (Å²) < 4.78 is 6.03. The summed E-state index contributed by atoms with van der Waals surface area (Å²) in [6.07, 6.45) is 0. The molecule has 3 rings (SSSR count). The lowest BCUT2D eigenvalue weighted by atomic mass is 9.89. The standard InChI is InChI=1S/C20H26N2O/c1-3-22(12-16-9-5-4-6-10-16)13-17-14-23-20-15(2)8-7-11-18(20)19(17)21/h4-11,17,19H,3,12-14,21H2,1-2H3. The van der Waals surface area contributed by atoms with Gasteiger partial charge in [-0.15, -0.1) is 0 Å². The molecule has 0 aromatic heterocycles. The molecule has 2 N–H and O–H groups in total. The molecule has 0 fully saturated rings. The SMILES string of the molecule is CCN(Cc1ccccc1)CC1COc2c(C)cccc2C1N. The van der Waals surface area contributed by atoms with Crippen molar-refractivity contribution in [1.82, 2.24) is 4.90 Å². The molecule has 3 heteroatoms. The van der Waals surface area contributed by atoms with Crippen LogP contribution in [0.3, 0.4) is 0 Å². The number of nitrogens with two attached hydrogens (primary N) is 1. The first-order valence-corrected chi connectivity index (χ1v) is 8.43. The van der Waals surface area contributed by atoms with Gasteiger partial charge in [0.1, 0.15) is 5.75 Å². The van der Waals surface area contributed by atoms with Gasteiger partial charge in [0, 0.05) is 30.6 Å². The Bertz CT molecular complexity index is 641. The van der Waals surface area contributed by atoms with Crippen molar-refractivity contribution in [3.63, 3.8) is 0 Å². The lowest BCUT2D eigenvalue weighted by Gasteiger charge is -2.35. The van der Waals surface area contributed by atoms with Crippen molar-refractivity contribution in [2.45, 2.75) is 26.4 Å². The molecule has 23 heavy (non-hydrogen) atoms. The van der Waals surface area contributed by atoms with Gasteiger partial charge in [-0.05, 0) is 24.6 Å². The van der Waals surface area contributed by atoms with Crippen LogP contribution in [0.15, 0.2) is 48.5 Å². The summed E-state index contributed by atoms with van der Waals surface area (Å²) >= 11 is 0. The zero-order valence-electron chi connectivity index (χ0n) is 14.0. The van der Waals surface area contributed by atoms with E-state index in [2.05, 4.69) is 67.3 Å². The van der Waals surface area contributed by atoms with Crippen molar-refractivity contribution in [1.29, 1.82) is 0 Å². The molecule has 0 aliphatic carbocycles. The van der Waals surface area contributed by atoms with Crippen molar-refractivity contribution < 1.29 is 4.74 Å². The first-order valence-electron chi connectivity index (χ1n) is 8.43. The highest BCUT2D eigenvalue weighted by Gasteiger charge is 2.30. The van der Waals surface area contributed by atoms with Gasteiger partial charge < -0.3 is 10.5 Å². The molecule has 0 radical (unpaired) electrons. The summed E-state index contributed by atoms with van der Waals surface area (Å²) in [5.41, 5.74) is 10.2. The van der Waals surface area contributed by atoms with Crippen LogP contribution in [0.1, 0.15) is 29.7 Å². The minimum atomic E-state index is 0.0449. The number of aryl methyl sites for hydroxylation is 1. The number of hydrogen-bond acceptors (Lipinski definition) is 3. The topological polar surface area (TPSA) is 38.5 Å². The second-order valence-electron chi connectivity index (χ2n) is 6.40. The van der Waals surface area contributed by atoms with E-state index in [9.17, 15) is 0 Å². The summed E-state index contributed by atoms with van der Waals surface area (Å²) in [7, 11) is 0. The molecule has 2 aromatic carbocycles. The van der Waals surface area contributed by atoms with Crippen molar-refractivity contribution in [2.24, 2.45) is 11.7 Å². The number of fused-ring (bicyclic) bond motifs is 1. The number of nitrogens with zero attached hydrogens (tertiary/aromatic N) is 1. The van der Waals surface area contributed by atoms with Crippen LogP contribution in [0.5, 0.6) is 5.75 Å². The first-order chi connectivity index (χ1) is 11.2. The third kappa shape index (κ3) is 3.57. The Hall–Kier alpha value is -1.84. The highest BCUT2D eigenvalue weighted by molar-refractivity contribution is 5.44. The van der Waals surface area contributed by atoms with Crippen LogP contribution in [0.25, 0.3) is 0 Å². The molecular formula is C20H26N2O. The number of rotatable bonds is 5. The number of hydrogen-bond donors (Lipinski definition) is 1. The molecule has 2 atom stereocenters. The van der Waals surface area contributed by atoms with Gasteiger partial charge in [-0.1, -0.05) is 55.5 Å². The van der Waals surface area contributed by atoms with E-state index in [0.717, 1.165) is 30.9 Å². The third-order valence-electron chi connectivity index (χ3n) is 4.74. The minimum absolute atomic E-state index is 0.0449. The average Bonchev–Trinajstić information content (AvgIpc) is 2.58. The van der Waals surface area contributed by atoms with Crippen molar-refractivity contribution in [2.75, 3.05) is 19.7 Å². The van der Waals surface area contributed by atoms with E-state index in [1.54, 1.807) is 0 Å². The van der Waals surface area contributed by atoms with E-state index in [4.69, 9.17) is 10.5 Å². The maximum absolute atomic E-state index is 6.55. The molecule has 122 valence electrons. The Morgan fingerprint density at radius 1 is 1.13 bits per heavy atom. The van der Waals surface area contributed by atoms with Crippen LogP contribution in [-0.4, -0.2) is 24.6 Å². The van der Waals surface area contributed by atoms with E-state index in [1.165, 1.54) is 11.1 Å². The molecule has 0 bridgehead atoms. The highest BCUT2D eigenvalue weighted by Crippen LogP contribution is 2.36. The maximum atomic E-state index is 6.55. The Morgan fingerprint density at radius 2 is 1.91 bits per heavy atom. The molecule has 1 aliphatic rings. The van der Waals surface area contributed by atoms with E-state index in [1.807, 2.05) is 0 Å². The lowest BCUT2D eigenvalue weighted by molar-refractivity contribution is 0.137. The van der Waals surface area contributed by atoms with Gasteiger partial charge in [-0.25, -0.2) is 0 Å². The fourth-order valence-corrected chi connectivity index (χ4v) is 3.33. The normalized spacial score (nSPS) is 20.2. The number of ether oxygens (including phenoxy) is 1. The molecule has 2 aromatic rings. The number of benzene rings is 2. The van der Waals surface area contributed by atoms with Gasteiger partial charge in [-0.3, -0.25) is 4.90 Å². The van der Waals surface area contributed by atoms with Crippen molar-refractivity contribution >= 4 is 0 Å². The smallest absolute Gasteiger partial charge is 0.126 e. The minimum Gasteiger partial charge on any atom is -0.493 e. The Morgan fingerprint density at radius 3 is 2.65 bits per heavy atom. The fraction of sp³-hybridized carbons (Fsp3) is 0.400.